The molecule has 0 radical (unpaired) electrons. The fraction of sp³-hybridized carbons (Fsp3) is 0.583. The van der Waals surface area contributed by atoms with Crippen molar-refractivity contribution in [3.05, 3.63) is 21.9 Å². The number of halogens is 1. The van der Waals surface area contributed by atoms with Gasteiger partial charge in [-0.3, -0.25) is 4.79 Å². The number of carbonyl (C=O) groups excluding carboxylic acids is 1. The summed E-state index contributed by atoms with van der Waals surface area (Å²) in [5, 5.41) is 8.05. The molecule has 0 fully saturated rings. The molecule has 0 aromatic carbocycles. The van der Waals surface area contributed by atoms with E-state index in [0.29, 0.717) is 13.2 Å². The Morgan fingerprint density at radius 3 is 2.83 bits per heavy atom. The standard InChI is InChI=1S/C12H20N2O2S.ClH/c1-3-10-4-9-17-11(10)12(15)14-6-5-13-7-8-16-2;/h4,9,13H,3,5-8H2,1-2H3,(H,14,15);1H. The second-order valence-electron chi connectivity index (χ2n) is 3.63. The zero-order valence-corrected chi connectivity index (χ0v) is 12.5. The third kappa shape index (κ3) is 5.82. The number of aryl methyl sites for hydroxylation is 1. The fourth-order valence-corrected chi connectivity index (χ4v) is 2.37. The van der Waals surface area contributed by atoms with Gasteiger partial charge in [0.25, 0.3) is 5.91 Å². The fourth-order valence-electron chi connectivity index (χ4n) is 1.46. The Kier molecular flexibility index (Phi) is 9.96. The predicted octanol–water partition coefficient (Wildman–Crippen LogP) is 1.70. The smallest absolute Gasteiger partial charge is 0.261 e. The van der Waals surface area contributed by atoms with Crippen molar-refractivity contribution in [1.29, 1.82) is 0 Å². The second kappa shape index (κ2) is 10.3. The van der Waals surface area contributed by atoms with Gasteiger partial charge in [0.1, 0.15) is 0 Å². The lowest BCUT2D eigenvalue weighted by Crippen LogP contribution is -2.33. The zero-order valence-electron chi connectivity index (χ0n) is 10.8. The Bertz CT molecular complexity index is 345. The molecule has 1 aromatic heterocycles. The molecule has 0 atom stereocenters. The van der Waals surface area contributed by atoms with E-state index in [0.717, 1.165) is 30.0 Å². The van der Waals surface area contributed by atoms with Crippen molar-refractivity contribution >= 4 is 29.7 Å². The molecule has 104 valence electrons. The highest BCUT2D eigenvalue weighted by Crippen LogP contribution is 2.16. The van der Waals surface area contributed by atoms with E-state index in [1.807, 2.05) is 11.4 Å². The lowest BCUT2D eigenvalue weighted by molar-refractivity contribution is 0.0957. The van der Waals surface area contributed by atoms with Crippen molar-refractivity contribution in [3.63, 3.8) is 0 Å². The first-order valence-corrected chi connectivity index (χ1v) is 6.71. The van der Waals surface area contributed by atoms with E-state index < -0.39 is 0 Å². The van der Waals surface area contributed by atoms with Gasteiger partial charge >= 0.3 is 0 Å². The Balaban J connectivity index is 0.00000289. The number of rotatable bonds is 8. The van der Waals surface area contributed by atoms with Crippen LogP contribution in [0.5, 0.6) is 0 Å². The molecule has 0 bridgehead atoms. The maximum Gasteiger partial charge on any atom is 0.261 e. The summed E-state index contributed by atoms with van der Waals surface area (Å²) in [6.07, 6.45) is 0.901. The van der Waals surface area contributed by atoms with E-state index in [1.165, 1.54) is 11.3 Å². The molecule has 0 saturated heterocycles. The zero-order chi connectivity index (χ0) is 12.5. The average molecular weight is 293 g/mol. The Morgan fingerprint density at radius 1 is 1.39 bits per heavy atom. The van der Waals surface area contributed by atoms with Crippen molar-refractivity contribution in [2.75, 3.05) is 33.4 Å². The maximum absolute atomic E-state index is 11.8. The number of hydrogen-bond donors (Lipinski definition) is 2. The van der Waals surface area contributed by atoms with Crippen molar-refractivity contribution in [2.45, 2.75) is 13.3 Å². The van der Waals surface area contributed by atoms with Crippen LogP contribution in [0.15, 0.2) is 11.4 Å². The average Bonchev–Trinajstić information content (AvgIpc) is 2.81. The molecule has 0 spiro atoms. The van der Waals surface area contributed by atoms with Crippen LogP contribution in [0.3, 0.4) is 0 Å². The van der Waals surface area contributed by atoms with Gasteiger partial charge in [0.2, 0.25) is 0 Å². The molecule has 4 nitrogen and oxygen atoms in total. The molecule has 1 aromatic rings. The number of hydrogen-bond acceptors (Lipinski definition) is 4. The van der Waals surface area contributed by atoms with Gasteiger partial charge in [-0.2, -0.15) is 0 Å². The molecule has 0 unspecified atom stereocenters. The molecular weight excluding hydrogens is 272 g/mol. The highest BCUT2D eigenvalue weighted by molar-refractivity contribution is 7.12. The minimum absolute atomic E-state index is 0. The number of nitrogens with one attached hydrogen (secondary N) is 2. The lowest BCUT2D eigenvalue weighted by atomic mass is 10.2. The van der Waals surface area contributed by atoms with Crippen molar-refractivity contribution in [3.8, 4) is 0 Å². The first-order valence-electron chi connectivity index (χ1n) is 5.83. The molecule has 6 heteroatoms. The molecule has 0 aliphatic carbocycles. The molecular formula is C12H21ClN2O2S. The van der Waals surface area contributed by atoms with Crippen molar-refractivity contribution < 1.29 is 9.53 Å². The molecule has 1 heterocycles. The summed E-state index contributed by atoms with van der Waals surface area (Å²) in [6.45, 7) is 4.97. The first-order chi connectivity index (χ1) is 8.29. The molecule has 2 N–H and O–H groups in total. The minimum atomic E-state index is 0. The van der Waals surface area contributed by atoms with Gasteiger partial charge in [0.15, 0.2) is 0 Å². The number of carbonyl (C=O) groups is 1. The highest BCUT2D eigenvalue weighted by Gasteiger charge is 2.10. The predicted molar refractivity (Wildman–Crippen MR) is 78.0 cm³/mol. The van der Waals surface area contributed by atoms with Crippen LogP contribution in [-0.4, -0.2) is 39.3 Å². The number of amides is 1. The number of thiophene rings is 1. The molecule has 0 saturated carbocycles. The Morgan fingerprint density at radius 2 is 2.17 bits per heavy atom. The molecule has 1 amide bonds. The summed E-state index contributed by atoms with van der Waals surface area (Å²) < 4.78 is 4.91. The van der Waals surface area contributed by atoms with Crippen LogP contribution in [0, 0.1) is 0 Å². The van der Waals surface area contributed by atoms with Crippen LogP contribution < -0.4 is 10.6 Å². The number of ether oxygens (including phenoxy) is 1. The second-order valence-corrected chi connectivity index (χ2v) is 4.54. The van der Waals surface area contributed by atoms with Crippen molar-refractivity contribution in [1.82, 2.24) is 10.6 Å². The summed E-state index contributed by atoms with van der Waals surface area (Å²) in [7, 11) is 1.67. The van der Waals surface area contributed by atoms with Crippen LogP contribution in [-0.2, 0) is 11.2 Å². The Hall–Kier alpha value is -0.620. The summed E-state index contributed by atoms with van der Waals surface area (Å²) in [4.78, 5) is 12.7. The molecule has 18 heavy (non-hydrogen) atoms. The van der Waals surface area contributed by atoms with Crippen LogP contribution in [0.4, 0.5) is 0 Å². The number of methoxy groups -OCH3 is 1. The normalized spacial score (nSPS) is 9.89. The lowest BCUT2D eigenvalue weighted by Gasteiger charge is -2.06. The van der Waals surface area contributed by atoms with Gasteiger partial charge < -0.3 is 15.4 Å². The topological polar surface area (TPSA) is 50.4 Å². The third-order valence-electron chi connectivity index (χ3n) is 2.40. The first kappa shape index (κ1) is 17.4. The van der Waals surface area contributed by atoms with Gasteiger partial charge in [-0.1, -0.05) is 6.92 Å². The highest BCUT2D eigenvalue weighted by atomic mass is 35.5. The van der Waals surface area contributed by atoms with Gasteiger partial charge in [-0.15, -0.1) is 23.7 Å². The van der Waals surface area contributed by atoms with Crippen LogP contribution in [0.1, 0.15) is 22.2 Å². The van der Waals surface area contributed by atoms with Crippen LogP contribution in [0.2, 0.25) is 0 Å². The Labute approximate surface area is 119 Å². The van der Waals surface area contributed by atoms with Gasteiger partial charge in [0.05, 0.1) is 11.5 Å². The van der Waals surface area contributed by atoms with Gasteiger partial charge in [-0.25, -0.2) is 0 Å². The van der Waals surface area contributed by atoms with Crippen LogP contribution in [0.25, 0.3) is 0 Å². The van der Waals surface area contributed by atoms with E-state index in [-0.39, 0.29) is 18.3 Å². The summed E-state index contributed by atoms with van der Waals surface area (Å²) in [5.41, 5.74) is 1.12. The molecule has 1 rings (SSSR count). The van der Waals surface area contributed by atoms with Gasteiger partial charge in [0, 0.05) is 26.7 Å². The maximum atomic E-state index is 11.8. The summed E-state index contributed by atoms with van der Waals surface area (Å²) in [6, 6.07) is 2.01. The largest absolute Gasteiger partial charge is 0.383 e. The van der Waals surface area contributed by atoms with Gasteiger partial charge in [-0.05, 0) is 23.4 Å². The SMILES string of the molecule is CCc1ccsc1C(=O)NCCNCCOC.Cl. The van der Waals surface area contributed by atoms with Crippen molar-refractivity contribution in [2.24, 2.45) is 0 Å². The summed E-state index contributed by atoms with van der Waals surface area (Å²) in [5.74, 6) is 0.0328. The van der Waals surface area contributed by atoms with E-state index in [4.69, 9.17) is 4.74 Å². The molecule has 0 aliphatic heterocycles. The van der Waals surface area contributed by atoms with Crippen LogP contribution >= 0.6 is 23.7 Å². The minimum Gasteiger partial charge on any atom is -0.383 e. The monoisotopic (exact) mass is 292 g/mol. The van der Waals surface area contributed by atoms with E-state index in [2.05, 4.69) is 17.6 Å². The third-order valence-corrected chi connectivity index (χ3v) is 3.36. The molecule has 0 aliphatic rings. The van der Waals surface area contributed by atoms with E-state index in [9.17, 15) is 4.79 Å². The quantitative estimate of drug-likeness (QED) is 0.717. The summed E-state index contributed by atoms with van der Waals surface area (Å²) >= 11 is 1.50. The van der Waals surface area contributed by atoms with E-state index in [1.54, 1.807) is 7.11 Å². The van der Waals surface area contributed by atoms with E-state index >= 15 is 0 Å².